The number of rotatable bonds is 6. The first-order chi connectivity index (χ1) is 16.6. The van der Waals surface area contributed by atoms with Crippen LogP contribution >= 0.6 is 0 Å². The molecule has 182 valence electrons. The van der Waals surface area contributed by atoms with Gasteiger partial charge in [0.2, 0.25) is 0 Å². The number of aryl methyl sites for hydroxylation is 1. The molecule has 0 spiro atoms. The maximum Gasteiger partial charge on any atom is 0.163 e. The summed E-state index contributed by atoms with van der Waals surface area (Å²) < 4.78 is 2.24. The Labute approximate surface area is 209 Å². The van der Waals surface area contributed by atoms with E-state index in [1.807, 2.05) is 6.20 Å². The second-order valence-corrected chi connectivity index (χ2v) is 10.8. The molecule has 0 amide bonds. The number of imidazole rings is 1. The van der Waals surface area contributed by atoms with Gasteiger partial charge in [0.15, 0.2) is 5.82 Å². The Morgan fingerprint density at radius 2 is 1.57 bits per heavy atom. The highest BCUT2D eigenvalue weighted by Crippen LogP contribution is 2.32. The lowest BCUT2D eigenvalue weighted by molar-refractivity contribution is 0.533. The number of aromatic nitrogens is 5. The maximum atomic E-state index is 4.88. The Bertz CT molecular complexity index is 1320. The van der Waals surface area contributed by atoms with Crippen molar-refractivity contribution in [3.05, 3.63) is 77.6 Å². The molecule has 2 heterocycles. The Kier molecular flexibility index (Phi) is 6.88. The van der Waals surface area contributed by atoms with Gasteiger partial charge in [0, 0.05) is 34.9 Å². The predicted octanol–water partition coefficient (Wildman–Crippen LogP) is 7.50. The molecular weight excluding hydrogens is 430 g/mol. The van der Waals surface area contributed by atoms with E-state index in [4.69, 9.17) is 19.9 Å². The molecule has 0 saturated carbocycles. The van der Waals surface area contributed by atoms with Gasteiger partial charge in [0.1, 0.15) is 17.5 Å². The Morgan fingerprint density at radius 1 is 0.857 bits per heavy atom. The Morgan fingerprint density at radius 3 is 2.23 bits per heavy atom. The number of nitrogens with zero attached hydrogens (tertiary/aromatic N) is 5. The smallest absolute Gasteiger partial charge is 0.163 e. The first kappa shape index (κ1) is 24.8. The van der Waals surface area contributed by atoms with E-state index in [9.17, 15) is 0 Å². The molecular formula is C30H37N5. The number of hydrogen-bond acceptors (Lipinski definition) is 4. The number of para-hydroxylation sites is 1. The fourth-order valence-electron chi connectivity index (χ4n) is 4.27. The largest absolute Gasteiger partial charge is 0.299 e. The lowest BCUT2D eigenvalue weighted by Gasteiger charge is -2.20. The molecule has 2 aromatic heterocycles. The fourth-order valence-corrected chi connectivity index (χ4v) is 4.27. The van der Waals surface area contributed by atoms with Crippen LogP contribution in [-0.2, 0) is 11.8 Å². The van der Waals surface area contributed by atoms with Crippen LogP contribution in [0, 0.1) is 0 Å². The van der Waals surface area contributed by atoms with Gasteiger partial charge in [-0.05, 0) is 29.5 Å². The minimum atomic E-state index is -0.160. The summed E-state index contributed by atoms with van der Waals surface area (Å²) in [6, 6.07) is 15.0. The second kappa shape index (κ2) is 9.73. The van der Waals surface area contributed by atoms with Crippen molar-refractivity contribution in [3.63, 3.8) is 0 Å². The third-order valence-electron chi connectivity index (χ3n) is 6.25. The van der Waals surface area contributed by atoms with E-state index in [1.165, 1.54) is 16.8 Å². The third kappa shape index (κ3) is 5.04. The van der Waals surface area contributed by atoms with Crippen LogP contribution in [0.5, 0.6) is 0 Å². The molecule has 0 aliphatic carbocycles. The van der Waals surface area contributed by atoms with Gasteiger partial charge in [0.05, 0.1) is 5.69 Å². The molecule has 4 aromatic rings. The summed E-state index contributed by atoms with van der Waals surface area (Å²) in [5.41, 5.74) is 5.73. The van der Waals surface area contributed by atoms with Crippen molar-refractivity contribution in [3.8, 4) is 28.5 Å². The van der Waals surface area contributed by atoms with Crippen molar-refractivity contribution in [2.45, 2.75) is 79.1 Å². The highest BCUT2D eigenvalue weighted by molar-refractivity contribution is 5.68. The topological polar surface area (TPSA) is 56.5 Å². The number of hydrogen-bond donors (Lipinski definition) is 0. The van der Waals surface area contributed by atoms with E-state index < -0.39 is 0 Å². The van der Waals surface area contributed by atoms with Crippen LogP contribution in [0.1, 0.15) is 90.0 Å². The molecule has 0 unspecified atom stereocenters. The summed E-state index contributed by atoms with van der Waals surface area (Å²) in [5.74, 6) is 3.91. The van der Waals surface area contributed by atoms with Gasteiger partial charge in [-0.1, -0.05) is 91.8 Å². The first-order valence-electron chi connectivity index (χ1n) is 12.6. The molecule has 5 heteroatoms. The first-order valence-corrected chi connectivity index (χ1v) is 12.6. The van der Waals surface area contributed by atoms with Gasteiger partial charge >= 0.3 is 0 Å². The summed E-state index contributed by atoms with van der Waals surface area (Å²) in [6.07, 6.45) is 4.92. The highest BCUT2D eigenvalue weighted by atomic mass is 15.1. The predicted molar refractivity (Wildman–Crippen MR) is 144 cm³/mol. The van der Waals surface area contributed by atoms with Crippen molar-refractivity contribution in [1.82, 2.24) is 24.5 Å². The van der Waals surface area contributed by atoms with Crippen molar-refractivity contribution < 1.29 is 0 Å². The van der Waals surface area contributed by atoms with Gasteiger partial charge in [-0.2, -0.15) is 0 Å². The van der Waals surface area contributed by atoms with Crippen LogP contribution in [0.25, 0.3) is 28.5 Å². The van der Waals surface area contributed by atoms with E-state index in [1.54, 1.807) is 0 Å². The molecule has 0 aliphatic heterocycles. The zero-order valence-electron chi connectivity index (χ0n) is 22.3. The molecule has 0 atom stereocenters. The van der Waals surface area contributed by atoms with Gasteiger partial charge in [-0.3, -0.25) is 4.57 Å². The number of benzene rings is 2. The minimum Gasteiger partial charge on any atom is -0.299 e. The zero-order valence-corrected chi connectivity index (χ0v) is 22.3. The van der Waals surface area contributed by atoms with Crippen LogP contribution in [0.2, 0.25) is 0 Å². The highest BCUT2D eigenvalue weighted by Gasteiger charge is 2.22. The Balaban J connectivity index is 1.86. The van der Waals surface area contributed by atoms with Gasteiger partial charge in [0.25, 0.3) is 0 Å². The van der Waals surface area contributed by atoms with Crippen molar-refractivity contribution >= 4 is 0 Å². The summed E-state index contributed by atoms with van der Waals surface area (Å²) in [7, 11) is 0. The molecule has 0 bridgehead atoms. The quantitative estimate of drug-likeness (QED) is 0.295. The summed E-state index contributed by atoms with van der Waals surface area (Å²) >= 11 is 0. The third-order valence-corrected chi connectivity index (χ3v) is 6.25. The lowest BCUT2D eigenvalue weighted by atomic mass is 9.95. The van der Waals surface area contributed by atoms with Crippen LogP contribution in [-0.4, -0.2) is 24.5 Å². The van der Waals surface area contributed by atoms with E-state index in [0.29, 0.717) is 11.7 Å². The molecule has 2 aromatic carbocycles. The standard InChI is InChI=1S/C30H37N5/c1-9-21-12-11-15-24(19(2)3)25(21)35-17-16-31-28(35)23-14-10-13-22(18-23)27-32-26(20(4)5)33-29(34-27)30(6,7)8/h10-20H,9H2,1-8H3. The van der Waals surface area contributed by atoms with Gasteiger partial charge in [-0.25, -0.2) is 19.9 Å². The molecule has 0 N–H and O–H groups in total. The molecule has 35 heavy (non-hydrogen) atoms. The van der Waals surface area contributed by atoms with Crippen LogP contribution in [0.3, 0.4) is 0 Å². The summed E-state index contributed by atoms with van der Waals surface area (Å²) in [4.78, 5) is 19.3. The molecule has 0 radical (unpaired) electrons. The van der Waals surface area contributed by atoms with Crippen molar-refractivity contribution in [1.29, 1.82) is 0 Å². The average Bonchev–Trinajstić information content (AvgIpc) is 3.32. The SMILES string of the molecule is CCc1cccc(C(C)C)c1-n1ccnc1-c1cccc(-c2nc(C(C)C)nc(C(C)(C)C)n2)c1. The summed E-state index contributed by atoms with van der Waals surface area (Å²) in [6.45, 7) is 17.4. The molecule has 0 saturated heterocycles. The average molecular weight is 468 g/mol. The van der Waals surface area contributed by atoms with Crippen molar-refractivity contribution in [2.24, 2.45) is 0 Å². The Hall–Kier alpha value is -3.34. The van der Waals surface area contributed by atoms with E-state index in [0.717, 1.165) is 35.0 Å². The van der Waals surface area contributed by atoms with Crippen LogP contribution in [0.4, 0.5) is 0 Å². The lowest BCUT2D eigenvalue weighted by Crippen LogP contribution is -2.19. The van der Waals surface area contributed by atoms with Gasteiger partial charge < -0.3 is 0 Å². The summed E-state index contributed by atoms with van der Waals surface area (Å²) in [5, 5.41) is 0. The van der Waals surface area contributed by atoms with Crippen LogP contribution < -0.4 is 0 Å². The van der Waals surface area contributed by atoms with E-state index in [-0.39, 0.29) is 11.3 Å². The normalized spacial score (nSPS) is 12.1. The molecule has 5 nitrogen and oxygen atoms in total. The van der Waals surface area contributed by atoms with Crippen LogP contribution in [0.15, 0.2) is 54.9 Å². The van der Waals surface area contributed by atoms with E-state index >= 15 is 0 Å². The maximum absolute atomic E-state index is 4.88. The molecule has 0 fully saturated rings. The molecule has 4 rings (SSSR count). The monoisotopic (exact) mass is 467 g/mol. The fraction of sp³-hybridized carbons (Fsp3) is 0.400. The zero-order chi connectivity index (χ0) is 25.3. The van der Waals surface area contributed by atoms with Gasteiger partial charge in [-0.15, -0.1) is 0 Å². The van der Waals surface area contributed by atoms with E-state index in [2.05, 4.69) is 109 Å². The van der Waals surface area contributed by atoms with Crippen molar-refractivity contribution in [2.75, 3.05) is 0 Å². The minimum absolute atomic E-state index is 0.160. The second-order valence-electron chi connectivity index (χ2n) is 10.8. The molecule has 0 aliphatic rings.